The number of hydrogen-bond acceptors (Lipinski definition) is 3. The second-order valence-corrected chi connectivity index (χ2v) is 4.90. The Hall–Kier alpha value is -0.970. The van der Waals surface area contributed by atoms with Gasteiger partial charge in [0.2, 0.25) is 5.91 Å². The van der Waals surface area contributed by atoms with Crippen LogP contribution in [-0.4, -0.2) is 25.1 Å². The first-order valence-electron chi connectivity index (χ1n) is 6.46. The summed E-state index contributed by atoms with van der Waals surface area (Å²) in [6, 6.07) is 5.39. The van der Waals surface area contributed by atoms with Crippen LogP contribution < -0.4 is 15.8 Å². The number of nitrogens with two attached hydrogens (primary N) is 1. The first kappa shape index (κ1) is 19.0. The monoisotopic (exact) mass is 320 g/mol. The van der Waals surface area contributed by atoms with Gasteiger partial charge in [-0.25, -0.2) is 0 Å². The van der Waals surface area contributed by atoms with Gasteiger partial charge in [0.1, 0.15) is 5.75 Å². The van der Waals surface area contributed by atoms with Gasteiger partial charge in [-0.3, -0.25) is 4.79 Å². The zero-order valence-corrected chi connectivity index (χ0v) is 13.4. The summed E-state index contributed by atoms with van der Waals surface area (Å²) in [5.74, 6) is 0.781. The topological polar surface area (TPSA) is 64.3 Å². The number of carbonyl (C=O) groups excluding carboxylic acids is 1. The van der Waals surface area contributed by atoms with E-state index in [1.807, 2.05) is 26.0 Å². The summed E-state index contributed by atoms with van der Waals surface area (Å²) in [4.78, 5) is 11.5. The van der Waals surface area contributed by atoms with Crippen LogP contribution in [0.25, 0.3) is 0 Å². The summed E-state index contributed by atoms with van der Waals surface area (Å²) < 4.78 is 5.52. The Morgan fingerprint density at radius 2 is 2.20 bits per heavy atom. The van der Waals surface area contributed by atoms with E-state index in [2.05, 4.69) is 5.32 Å². The second kappa shape index (κ2) is 9.86. The Bertz CT molecular complexity index is 426. The van der Waals surface area contributed by atoms with E-state index < -0.39 is 0 Å². The fourth-order valence-electron chi connectivity index (χ4n) is 1.74. The highest BCUT2D eigenvalue weighted by molar-refractivity contribution is 6.30. The van der Waals surface area contributed by atoms with E-state index in [0.717, 1.165) is 11.3 Å². The lowest BCUT2D eigenvalue weighted by Gasteiger charge is -2.11. The second-order valence-electron chi connectivity index (χ2n) is 4.47. The number of rotatable bonds is 7. The molecule has 0 saturated heterocycles. The van der Waals surface area contributed by atoms with Crippen LogP contribution in [0.3, 0.4) is 0 Å². The van der Waals surface area contributed by atoms with Crippen molar-refractivity contribution in [1.29, 1.82) is 0 Å². The van der Waals surface area contributed by atoms with Gasteiger partial charge in [0.05, 0.1) is 6.61 Å². The molecule has 0 spiro atoms. The Morgan fingerprint density at radius 3 is 2.80 bits per heavy atom. The first-order chi connectivity index (χ1) is 9.02. The van der Waals surface area contributed by atoms with Crippen molar-refractivity contribution in [1.82, 2.24) is 5.32 Å². The van der Waals surface area contributed by atoms with Gasteiger partial charge < -0.3 is 15.8 Å². The van der Waals surface area contributed by atoms with Gasteiger partial charge in [-0.15, -0.1) is 12.4 Å². The number of benzene rings is 1. The van der Waals surface area contributed by atoms with Crippen LogP contribution in [0.2, 0.25) is 5.02 Å². The molecule has 114 valence electrons. The Balaban J connectivity index is 0.00000361. The van der Waals surface area contributed by atoms with Crippen LogP contribution >= 0.6 is 24.0 Å². The molecule has 1 aromatic rings. The van der Waals surface area contributed by atoms with Gasteiger partial charge in [-0.05, 0) is 44.0 Å². The highest BCUT2D eigenvalue weighted by atomic mass is 35.5. The van der Waals surface area contributed by atoms with E-state index >= 15 is 0 Å². The van der Waals surface area contributed by atoms with Crippen LogP contribution in [-0.2, 0) is 11.2 Å². The molecule has 0 aromatic heterocycles. The van der Waals surface area contributed by atoms with Crippen molar-refractivity contribution in [3.8, 4) is 5.75 Å². The summed E-state index contributed by atoms with van der Waals surface area (Å²) in [5.41, 5.74) is 6.56. The van der Waals surface area contributed by atoms with E-state index in [1.165, 1.54) is 0 Å². The number of carbonyl (C=O) groups is 1. The zero-order chi connectivity index (χ0) is 14.3. The molecule has 1 amide bonds. The Morgan fingerprint density at radius 1 is 1.50 bits per heavy atom. The molecule has 0 bridgehead atoms. The lowest BCUT2D eigenvalue weighted by molar-refractivity contribution is -0.121. The van der Waals surface area contributed by atoms with Crippen LogP contribution in [0.4, 0.5) is 0 Å². The van der Waals surface area contributed by atoms with Crippen LogP contribution in [0, 0.1) is 0 Å². The first-order valence-corrected chi connectivity index (χ1v) is 6.84. The van der Waals surface area contributed by atoms with Gasteiger partial charge in [0.15, 0.2) is 0 Å². The van der Waals surface area contributed by atoms with E-state index in [4.69, 9.17) is 22.1 Å². The van der Waals surface area contributed by atoms with Crippen molar-refractivity contribution >= 4 is 29.9 Å². The third-order valence-corrected chi connectivity index (χ3v) is 2.78. The van der Waals surface area contributed by atoms with E-state index in [9.17, 15) is 4.79 Å². The van der Waals surface area contributed by atoms with Gasteiger partial charge in [0, 0.05) is 24.0 Å². The smallest absolute Gasteiger partial charge is 0.221 e. The predicted octanol–water partition coefficient (Wildman–Crippen LogP) is 2.56. The molecular formula is C14H22Cl2N2O2. The number of hydrogen-bond donors (Lipinski definition) is 2. The van der Waals surface area contributed by atoms with E-state index in [-0.39, 0.29) is 24.4 Å². The number of nitrogens with one attached hydrogen (secondary N) is 1. The summed E-state index contributed by atoms with van der Waals surface area (Å²) in [5, 5.41) is 3.50. The van der Waals surface area contributed by atoms with Crippen molar-refractivity contribution < 1.29 is 9.53 Å². The molecule has 0 radical (unpaired) electrons. The minimum absolute atomic E-state index is 0. The average molecular weight is 321 g/mol. The average Bonchev–Trinajstić information content (AvgIpc) is 2.31. The van der Waals surface area contributed by atoms with Gasteiger partial charge in [-0.1, -0.05) is 11.6 Å². The van der Waals surface area contributed by atoms with Crippen LogP contribution in [0.5, 0.6) is 5.75 Å². The fourth-order valence-corrected chi connectivity index (χ4v) is 1.94. The molecule has 0 aliphatic heterocycles. The molecule has 1 rings (SSSR count). The largest absolute Gasteiger partial charge is 0.494 e. The molecule has 20 heavy (non-hydrogen) atoms. The molecule has 0 fully saturated rings. The quantitative estimate of drug-likeness (QED) is 0.811. The molecule has 4 nitrogen and oxygen atoms in total. The lowest BCUT2D eigenvalue weighted by atomic mass is 10.1. The Labute approximate surface area is 131 Å². The minimum atomic E-state index is -0.120. The predicted molar refractivity (Wildman–Crippen MR) is 84.8 cm³/mol. The van der Waals surface area contributed by atoms with Gasteiger partial charge >= 0.3 is 0 Å². The molecule has 1 aromatic carbocycles. The molecule has 0 aliphatic carbocycles. The molecule has 0 aliphatic rings. The van der Waals surface area contributed by atoms with Gasteiger partial charge in [-0.2, -0.15) is 0 Å². The SMILES string of the molecule is CCOc1ccc(Cl)cc1CCNC(=O)CC(C)N.Cl. The maximum absolute atomic E-state index is 11.5. The number of amides is 1. The lowest BCUT2D eigenvalue weighted by Crippen LogP contribution is -2.31. The third-order valence-electron chi connectivity index (χ3n) is 2.55. The minimum Gasteiger partial charge on any atom is -0.494 e. The fraction of sp³-hybridized carbons (Fsp3) is 0.500. The highest BCUT2D eigenvalue weighted by Gasteiger charge is 2.07. The summed E-state index contributed by atoms with van der Waals surface area (Å²) in [6.45, 7) is 4.89. The molecule has 0 heterocycles. The van der Waals surface area contributed by atoms with Gasteiger partial charge in [0.25, 0.3) is 0 Å². The molecular weight excluding hydrogens is 299 g/mol. The van der Waals surface area contributed by atoms with Crippen molar-refractivity contribution in [3.05, 3.63) is 28.8 Å². The molecule has 1 atom stereocenters. The normalized spacial score (nSPS) is 11.4. The van der Waals surface area contributed by atoms with Crippen LogP contribution in [0.15, 0.2) is 18.2 Å². The molecule has 1 unspecified atom stereocenters. The summed E-state index contributed by atoms with van der Waals surface area (Å²) in [7, 11) is 0. The zero-order valence-electron chi connectivity index (χ0n) is 11.8. The summed E-state index contributed by atoms with van der Waals surface area (Å²) in [6.07, 6.45) is 1.02. The maximum Gasteiger partial charge on any atom is 0.221 e. The molecule has 6 heteroatoms. The van der Waals surface area contributed by atoms with Crippen LogP contribution in [0.1, 0.15) is 25.8 Å². The Kier molecular flexibility index (Phi) is 9.38. The number of ether oxygens (including phenoxy) is 1. The highest BCUT2D eigenvalue weighted by Crippen LogP contribution is 2.23. The molecule has 3 N–H and O–H groups in total. The standard InChI is InChI=1S/C14H21ClN2O2.ClH/c1-3-19-13-5-4-12(15)9-11(13)6-7-17-14(18)8-10(2)16;/h4-5,9-10H,3,6-8,16H2,1-2H3,(H,17,18);1H. The van der Waals surface area contributed by atoms with Crippen molar-refractivity contribution in [2.45, 2.75) is 32.7 Å². The van der Waals surface area contributed by atoms with Crippen molar-refractivity contribution in [2.75, 3.05) is 13.2 Å². The van der Waals surface area contributed by atoms with Crippen molar-refractivity contribution in [3.63, 3.8) is 0 Å². The van der Waals surface area contributed by atoms with E-state index in [0.29, 0.717) is 31.0 Å². The van der Waals surface area contributed by atoms with E-state index in [1.54, 1.807) is 6.07 Å². The molecule has 0 saturated carbocycles. The van der Waals surface area contributed by atoms with Crippen molar-refractivity contribution in [2.24, 2.45) is 5.73 Å². The summed E-state index contributed by atoms with van der Waals surface area (Å²) >= 11 is 5.97. The third kappa shape index (κ3) is 6.98. The maximum atomic E-state index is 11.5. The number of halogens is 2.